The zero-order valence-electron chi connectivity index (χ0n) is 15.8. The highest BCUT2D eigenvalue weighted by Gasteiger charge is 2.25. The number of hydrogen-bond donors (Lipinski definition) is 1. The van der Waals surface area contributed by atoms with Crippen LogP contribution in [0.2, 0.25) is 5.02 Å². The minimum Gasteiger partial charge on any atom is -0.316 e. The Bertz CT molecular complexity index is 1270. The summed E-state index contributed by atoms with van der Waals surface area (Å²) in [7, 11) is -2.84. The summed E-state index contributed by atoms with van der Waals surface area (Å²) >= 11 is 6.07. The van der Waals surface area contributed by atoms with E-state index in [-0.39, 0.29) is 26.9 Å². The van der Waals surface area contributed by atoms with Gasteiger partial charge in [-0.3, -0.25) is 24.2 Å². The minimum atomic E-state index is -4.12. The molecule has 2 aromatic carbocycles. The predicted octanol–water partition coefficient (Wildman–Crippen LogP) is 3.86. The topological polar surface area (TPSA) is 123 Å². The Balaban J connectivity index is 1.95. The van der Waals surface area contributed by atoms with Gasteiger partial charge in [0.05, 0.1) is 26.1 Å². The van der Waals surface area contributed by atoms with E-state index in [4.69, 9.17) is 11.6 Å². The molecule has 9 nitrogen and oxygen atoms in total. The lowest BCUT2D eigenvalue weighted by Crippen LogP contribution is -2.27. The van der Waals surface area contributed by atoms with E-state index in [1.165, 1.54) is 43.6 Å². The van der Waals surface area contributed by atoms with E-state index in [2.05, 4.69) is 10.3 Å². The lowest BCUT2D eigenvalue weighted by Gasteiger charge is -2.20. The van der Waals surface area contributed by atoms with Gasteiger partial charge in [-0.05, 0) is 48.5 Å². The molecule has 0 spiro atoms. The maximum Gasteiger partial charge on any atom is 0.310 e. The van der Waals surface area contributed by atoms with Gasteiger partial charge in [-0.1, -0.05) is 11.6 Å². The summed E-state index contributed by atoms with van der Waals surface area (Å²) in [6, 6.07) is 9.53. The van der Waals surface area contributed by atoms with E-state index < -0.39 is 32.4 Å². The number of benzene rings is 2. The van der Waals surface area contributed by atoms with Crippen LogP contribution in [0.25, 0.3) is 0 Å². The molecule has 0 saturated carbocycles. The van der Waals surface area contributed by atoms with Gasteiger partial charge in [0.2, 0.25) is 0 Å². The number of nitro groups is 1. The number of nitrogens with one attached hydrogen (secondary N) is 1. The van der Waals surface area contributed by atoms with Crippen molar-refractivity contribution in [2.24, 2.45) is 0 Å². The maximum absolute atomic E-state index is 13.1. The molecule has 0 aliphatic carbocycles. The molecule has 1 heterocycles. The number of amides is 1. The molecule has 0 bridgehead atoms. The Morgan fingerprint density at radius 1 is 1.19 bits per heavy atom. The van der Waals surface area contributed by atoms with Gasteiger partial charge in [-0.2, -0.15) is 0 Å². The Labute approximate surface area is 181 Å². The van der Waals surface area contributed by atoms with Gasteiger partial charge in [0.25, 0.3) is 15.9 Å². The molecular formula is C19H14ClFN4O5S. The molecular weight excluding hydrogens is 451 g/mol. The van der Waals surface area contributed by atoms with E-state index >= 15 is 0 Å². The average Bonchev–Trinajstić information content (AvgIpc) is 2.74. The van der Waals surface area contributed by atoms with Crippen molar-refractivity contribution in [3.63, 3.8) is 0 Å². The Morgan fingerprint density at radius 3 is 2.52 bits per heavy atom. The van der Waals surface area contributed by atoms with Crippen molar-refractivity contribution < 1.29 is 22.5 Å². The zero-order valence-corrected chi connectivity index (χ0v) is 17.4. The van der Waals surface area contributed by atoms with Gasteiger partial charge < -0.3 is 5.32 Å². The van der Waals surface area contributed by atoms with Crippen LogP contribution in [0, 0.1) is 15.9 Å². The maximum atomic E-state index is 13.1. The molecule has 3 aromatic rings. The fourth-order valence-electron chi connectivity index (χ4n) is 2.61. The zero-order chi connectivity index (χ0) is 22.8. The Kier molecular flexibility index (Phi) is 6.18. The van der Waals surface area contributed by atoms with Gasteiger partial charge in [0, 0.05) is 13.2 Å². The molecule has 0 atom stereocenters. The van der Waals surface area contributed by atoms with Crippen LogP contribution in [0.3, 0.4) is 0 Å². The summed E-state index contributed by atoms with van der Waals surface area (Å²) < 4.78 is 40.0. The highest BCUT2D eigenvalue weighted by atomic mass is 35.5. The van der Waals surface area contributed by atoms with Gasteiger partial charge in [0.15, 0.2) is 0 Å². The van der Waals surface area contributed by atoms with Crippen molar-refractivity contribution in [1.82, 2.24) is 4.98 Å². The molecule has 31 heavy (non-hydrogen) atoms. The lowest BCUT2D eigenvalue weighted by molar-refractivity contribution is -0.384. The fourth-order valence-corrected chi connectivity index (χ4v) is 4.04. The summed E-state index contributed by atoms with van der Waals surface area (Å²) in [5.41, 5.74) is -0.569. The van der Waals surface area contributed by atoms with Crippen LogP contribution in [0.1, 0.15) is 10.4 Å². The van der Waals surface area contributed by atoms with Gasteiger partial charge in [0.1, 0.15) is 17.7 Å². The summed E-state index contributed by atoms with van der Waals surface area (Å²) in [6.07, 6.45) is 2.22. The van der Waals surface area contributed by atoms with E-state index in [0.717, 1.165) is 28.7 Å². The largest absolute Gasteiger partial charge is 0.316 e. The third kappa shape index (κ3) is 4.62. The van der Waals surface area contributed by atoms with E-state index in [0.29, 0.717) is 0 Å². The fraction of sp³-hybridized carbons (Fsp3) is 0.0526. The standard InChI is InChI=1S/C19H14ClFN4O5S/c1-24(13-4-2-12(21)3-5-13)31(29,30)14-6-7-16(20)15(10-14)19(26)23-17-8-9-22-11-18(17)25(27)28/h2-11H,1H3,(H,22,23,26). The van der Waals surface area contributed by atoms with Crippen molar-refractivity contribution in [1.29, 1.82) is 0 Å². The number of carbonyl (C=O) groups is 1. The highest BCUT2D eigenvalue weighted by molar-refractivity contribution is 7.92. The number of aromatic nitrogens is 1. The summed E-state index contributed by atoms with van der Waals surface area (Å²) in [5, 5.41) is 13.4. The number of carbonyl (C=O) groups excluding carboxylic acids is 1. The molecule has 1 amide bonds. The second-order valence-electron chi connectivity index (χ2n) is 6.19. The first-order chi connectivity index (χ1) is 14.6. The minimum absolute atomic E-state index is 0.0578. The molecule has 1 N–H and O–H groups in total. The molecule has 0 radical (unpaired) electrons. The van der Waals surface area contributed by atoms with Crippen LogP contribution in [-0.2, 0) is 10.0 Å². The number of halogens is 2. The lowest BCUT2D eigenvalue weighted by atomic mass is 10.2. The predicted molar refractivity (Wildman–Crippen MR) is 112 cm³/mol. The van der Waals surface area contributed by atoms with E-state index in [1.807, 2.05) is 0 Å². The van der Waals surface area contributed by atoms with Crippen LogP contribution in [0.4, 0.5) is 21.5 Å². The number of rotatable bonds is 6. The average molecular weight is 465 g/mol. The first kappa shape index (κ1) is 22.1. The van der Waals surface area contributed by atoms with Crippen molar-refractivity contribution in [2.75, 3.05) is 16.7 Å². The first-order valence-electron chi connectivity index (χ1n) is 8.55. The highest BCUT2D eigenvalue weighted by Crippen LogP contribution is 2.28. The van der Waals surface area contributed by atoms with Gasteiger partial charge >= 0.3 is 5.69 Å². The number of hydrogen-bond acceptors (Lipinski definition) is 6. The third-order valence-electron chi connectivity index (χ3n) is 4.28. The van der Waals surface area contributed by atoms with Crippen LogP contribution in [-0.4, -0.2) is 31.3 Å². The molecule has 12 heteroatoms. The van der Waals surface area contributed by atoms with Crippen LogP contribution >= 0.6 is 11.6 Å². The second kappa shape index (κ2) is 8.66. The van der Waals surface area contributed by atoms with E-state index in [9.17, 15) is 27.7 Å². The third-order valence-corrected chi connectivity index (χ3v) is 6.39. The van der Waals surface area contributed by atoms with Gasteiger partial charge in [-0.25, -0.2) is 12.8 Å². The van der Waals surface area contributed by atoms with Crippen LogP contribution < -0.4 is 9.62 Å². The molecule has 0 unspecified atom stereocenters. The first-order valence-corrected chi connectivity index (χ1v) is 10.4. The molecule has 0 saturated heterocycles. The quantitative estimate of drug-likeness (QED) is 0.436. The number of anilines is 2. The molecule has 1 aromatic heterocycles. The normalized spacial score (nSPS) is 11.1. The summed E-state index contributed by atoms with van der Waals surface area (Å²) in [6.45, 7) is 0. The van der Waals surface area contributed by atoms with Crippen molar-refractivity contribution >= 4 is 44.6 Å². The van der Waals surface area contributed by atoms with Crippen LogP contribution in [0.5, 0.6) is 0 Å². The molecule has 0 fully saturated rings. The van der Waals surface area contributed by atoms with Crippen molar-refractivity contribution in [3.05, 3.63) is 87.4 Å². The molecule has 0 aliphatic rings. The monoisotopic (exact) mass is 464 g/mol. The summed E-state index contributed by atoms with van der Waals surface area (Å²) in [5.74, 6) is -1.37. The van der Waals surface area contributed by atoms with Gasteiger partial charge in [-0.15, -0.1) is 0 Å². The van der Waals surface area contributed by atoms with E-state index in [1.54, 1.807) is 0 Å². The number of nitrogens with zero attached hydrogens (tertiary/aromatic N) is 3. The SMILES string of the molecule is CN(c1ccc(F)cc1)S(=O)(=O)c1ccc(Cl)c(C(=O)Nc2ccncc2[N+](=O)[O-])c1. The number of sulfonamides is 1. The Morgan fingerprint density at radius 2 is 1.87 bits per heavy atom. The summed E-state index contributed by atoms with van der Waals surface area (Å²) in [4.78, 5) is 26.4. The van der Waals surface area contributed by atoms with Crippen molar-refractivity contribution in [3.8, 4) is 0 Å². The van der Waals surface area contributed by atoms with Crippen molar-refractivity contribution in [2.45, 2.75) is 4.90 Å². The smallest absolute Gasteiger partial charge is 0.310 e. The van der Waals surface area contributed by atoms with Crippen LogP contribution in [0.15, 0.2) is 65.8 Å². The molecule has 0 aliphatic heterocycles. The number of pyridine rings is 1. The Hall–Kier alpha value is -3.57. The second-order valence-corrected chi connectivity index (χ2v) is 8.57. The molecule has 3 rings (SSSR count). The molecule has 160 valence electrons.